The Labute approximate surface area is 174 Å². The van der Waals surface area contributed by atoms with Gasteiger partial charge in [0.1, 0.15) is 11.6 Å². The maximum atomic E-state index is 13.8. The van der Waals surface area contributed by atoms with Gasteiger partial charge < -0.3 is 4.98 Å². The lowest BCUT2D eigenvalue weighted by molar-refractivity contribution is 0.286. The average Bonchev–Trinajstić information content (AvgIpc) is 3.16. The van der Waals surface area contributed by atoms with Crippen LogP contribution >= 0.6 is 11.6 Å². The van der Waals surface area contributed by atoms with Gasteiger partial charge in [-0.1, -0.05) is 18.5 Å². The van der Waals surface area contributed by atoms with Gasteiger partial charge in [-0.3, -0.25) is 4.98 Å². The minimum atomic E-state index is -0.195. The van der Waals surface area contributed by atoms with Crippen molar-refractivity contribution in [1.29, 1.82) is 0 Å². The predicted octanol–water partition coefficient (Wildman–Crippen LogP) is 6.98. The molecule has 1 fully saturated rings. The molecule has 1 atom stereocenters. The lowest BCUT2D eigenvalue weighted by atomic mass is 9.73. The number of H-pyrrole nitrogens is 1. The van der Waals surface area contributed by atoms with Crippen LogP contribution in [0.2, 0.25) is 5.02 Å². The van der Waals surface area contributed by atoms with Gasteiger partial charge >= 0.3 is 0 Å². The number of fused-ring (bicyclic) bond motifs is 2. The van der Waals surface area contributed by atoms with Crippen LogP contribution in [0.3, 0.4) is 0 Å². The van der Waals surface area contributed by atoms with Crippen molar-refractivity contribution in [1.82, 2.24) is 15.0 Å². The zero-order valence-corrected chi connectivity index (χ0v) is 17.1. The van der Waals surface area contributed by atoms with Gasteiger partial charge in [0.25, 0.3) is 0 Å². The molecule has 5 rings (SSSR count). The molecule has 2 aromatic carbocycles. The van der Waals surface area contributed by atoms with Crippen LogP contribution in [0.5, 0.6) is 0 Å². The fourth-order valence-electron chi connectivity index (χ4n) is 4.87. The van der Waals surface area contributed by atoms with E-state index in [1.54, 1.807) is 12.1 Å². The quantitative estimate of drug-likeness (QED) is 0.398. The standard InChI is InChI=1S/C24H23ClFN3/c1-14(24-28-22-8-6-17(25)12-23(22)29-24)15-2-4-16(5-3-15)19-10-11-27-21-9-7-18(26)13-20(19)21/h6-16H,2-5H2,1H3,(H,28,29)/t14-,15?,16?/m0/s1. The van der Waals surface area contributed by atoms with Crippen LogP contribution in [0.25, 0.3) is 21.9 Å². The minimum absolute atomic E-state index is 0.195. The van der Waals surface area contributed by atoms with Crippen LogP contribution in [0.1, 0.15) is 55.8 Å². The van der Waals surface area contributed by atoms with Crippen LogP contribution in [0.15, 0.2) is 48.7 Å². The van der Waals surface area contributed by atoms with Crippen molar-refractivity contribution in [2.75, 3.05) is 0 Å². The van der Waals surface area contributed by atoms with Crippen LogP contribution in [-0.4, -0.2) is 15.0 Å². The normalized spacial score (nSPS) is 20.9. The molecule has 5 heteroatoms. The molecule has 1 saturated carbocycles. The third-order valence-electron chi connectivity index (χ3n) is 6.55. The number of pyridine rings is 1. The van der Waals surface area contributed by atoms with E-state index in [-0.39, 0.29) is 5.82 Å². The highest BCUT2D eigenvalue weighted by Crippen LogP contribution is 2.43. The number of halogens is 2. The summed E-state index contributed by atoms with van der Waals surface area (Å²) in [5.74, 6) is 2.27. The molecule has 2 aromatic heterocycles. The molecule has 29 heavy (non-hydrogen) atoms. The Morgan fingerprint density at radius 3 is 2.66 bits per heavy atom. The number of rotatable bonds is 3. The largest absolute Gasteiger partial charge is 0.342 e. The highest BCUT2D eigenvalue weighted by atomic mass is 35.5. The number of aromatic amines is 1. The van der Waals surface area contributed by atoms with Crippen molar-refractivity contribution in [2.24, 2.45) is 5.92 Å². The fraction of sp³-hybridized carbons (Fsp3) is 0.333. The van der Waals surface area contributed by atoms with Gasteiger partial charge in [-0.15, -0.1) is 0 Å². The summed E-state index contributed by atoms with van der Waals surface area (Å²) in [6.45, 7) is 2.27. The molecule has 4 aromatic rings. The van der Waals surface area contributed by atoms with Crippen molar-refractivity contribution in [2.45, 2.75) is 44.4 Å². The number of hydrogen-bond acceptors (Lipinski definition) is 2. The van der Waals surface area contributed by atoms with E-state index in [9.17, 15) is 4.39 Å². The number of aromatic nitrogens is 3. The van der Waals surface area contributed by atoms with Crippen molar-refractivity contribution in [3.63, 3.8) is 0 Å². The summed E-state index contributed by atoms with van der Waals surface area (Å²) in [6.07, 6.45) is 6.35. The van der Waals surface area contributed by atoms with Crippen LogP contribution < -0.4 is 0 Å². The van der Waals surface area contributed by atoms with Crippen molar-refractivity contribution >= 4 is 33.5 Å². The SMILES string of the molecule is C[C@H](c1nc2ccc(Cl)cc2[nH]1)C1CCC(c2ccnc3ccc(F)cc23)CC1. The molecule has 0 spiro atoms. The minimum Gasteiger partial charge on any atom is -0.342 e. The van der Waals surface area contributed by atoms with E-state index in [4.69, 9.17) is 16.6 Å². The van der Waals surface area contributed by atoms with Gasteiger partial charge in [0.05, 0.1) is 16.6 Å². The van der Waals surface area contributed by atoms with Crippen molar-refractivity contribution in [3.8, 4) is 0 Å². The summed E-state index contributed by atoms with van der Waals surface area (Å²) >= 11 is 6.11. The number of nitrogens with one attached hydrogen (secondary N) is 1. The lowest BCUT2D eigenvalue weighted by Gasteiger charge is -2.32. The third kappa shape index (κ3) is 3.51. The first-order chi connectivity index (χ1) is 14.1. The highest BCUT2D eigenvalue weighted by molar-refractivity contribution is 6.31. The number of hydrogen-bond donors (Lipinski definition) is 1. The van der Waals surface area contributed by atoms with Gasteiger partial charge in [0, 0.05) is 22.5 Å². The second-order valence-corrected chi connectivity index (χ2v) is 8.68. The Morgan fingerprint density at radius 1 is 1.03 bits per heavy atom. The van der Waals surface area contributed by atoms with Crippen molar-refractivity contribution < 1.29 is 4.39 Å². The molecular weight excluding hydrogens is 385 g/mol. The molecule has 1 aliphatic rings. The molecule has 0 amide bonds. The topological polar surface area (TPSA) is 41.6 Å². The molecule has 0 radical (unpaired) electrons. The Morgan fingerprint density at radius 2 is 1.83 bits per heavy atom. The molecule has 2 heterocycles. The lowest BCUT2D eigenvalue weighted by Crippen LogP contribution is -2.19. The van der Waals surface area contributed by atoms with Gasteiger partial charge in [0.2, 0.25) is 0 Å². The van der Waals surface area contributed by atoms with E-state index in [2.05, 4.69) is 23.0 Å². The Kier molecular flexibility index (Phi) is 4.75. The van der Waals surface area contributed by atoms with Crippen LogP contribution in [0, 0.1) is 11.7 Å². The zero-order valence-electron chi connectivity index (χ0n) is 16.3. The zero-order chi connectivity index (χ0) is 20.0. The summed E-state index contributed by atoms with van der Waals surface area (Å²) in [4.78, 5) is 12.7. The summed E-state index contributed by atoms with van der Waals surface area (Å²) in [5, 5.41) is 1.68. The summed E-state index contributed by atoms with van der Waals surface area (Å²) in [7, 11) is 0. The highest BCUT2D eigenvalue weighted by Gasteiger charge is 2.29. The molecular formula is C24H23ClFN3. The Balaban J connectivity index is 1.34. The summed E-state index contributed by atoms with van der Waals surface area (Å²) in [5.41, 5.74) is 4.08. The molecule has 0 unspecified atom stereocenters. The predicted molar refractivity (Wildman–Crippen MR) is 116 cm³/mol. The van der Waals surface area contributed by atoms with E-state index in [1.165, 1.54) is 11.6 Å². The van der Waals surface area contributed by atoms with E-state index in [1.807, 2.05) is 24.4 Å². The van der Waals surface area contributed by atoms with Gasteiger partial charge in [-0.05, 0) is 85.5 Å². The molecule has 0 bridgehead atoms. The third-order valence-corrected chi connectivity index (χ3v) is 6.78. The van der Waals surface area contributed by atoms with E-state index >= 15 is 0 Å². The maximum absolute atomic E-state index is 13.8. The van der Waals surface area contributed by atoms with Gasteiger partial charge in [-0.2, -0.15) is 0 Å². The van der Waals surface area contributed by atoms with Crippen LogP contribution in [0.4, 0.5) is 4.39 Å². The van der Waals surface area contributed by atoms with E-state index in [0.29, 0.717) is 17.8 Å². The Bertz CT molecular complexity index is 1180. The summed E-state index contributed by atoms with van der Waals surface area (Å²) < 4.78 is 13.8. The number of nitrogens with zero attached hydrogens (tertiary/aromatic N) is 2. The first kappa shape index (κ1) is 18.6. The van der Waals surface area contributed by atoms with Crippen LogP contribution in [-0.2, 0) is 0 Å². The molecule has 1 aliphatic carbocycles. The first-order valence-corrected chi connectivity index (χ1v) is 10.7. The maximum Gasteiger partial charge on any atom is 0.123 e. The molecule has 3 nitrogen and oxygen atoms in total. The molecule has 148 valence electrons. The fourth-order valence-corrected chi connectivity index (χ4v) is 5.04. The number of benzene rings is 2. The molecule has 1 N–H and O–H groups in total. The summed E-state index contributed by atoms with van der Waals surface area (Å²) in [6, 6.07) is 12.7. The smallest absolute Gasteiger partial charge is 0.123 e. The monoisotopic (exact) mass is 407 g/mol. The molecule has 0 saturated heterocycles. The molecule has 0 aliphatic heterocycles. The number of imidazole rings is 1. The first-order valence-electron chi connectivity index (χ1n) is 10.3. The Hall–Kier alpha value is -2.46. The average molecular weight is 408 g/mol. The van der Waals surface area contributed by atoms with Crippen molar-refractivity contribution in [3.05, 3.63) is 70.9 Å². The van der Waals surface area contributed by atoms with Gasteiger partial charge in [-0.25, -0.2) is 9.37 Å². The second kappa shape index (κ2) is 7.42. The van der Waals surface area contributed by atoms with E-state index in [0.717, 1.165) is 58.5 Å². The second-order valence-electron chi connectivity index (χ2n) is 8.25. The van der Waals surface area contributed by atoms with Gasteiger partial charge in [0.15, 0.2) is 0 Å². The van der Waals surface area contributed by atoms with E-state index < -0.39 is 0 Å².